The smallest absolute Gasteiger partial charge is 0.259 e. The zero-order valence-electron chi connectivity index (χ0n) is 9.81. The van der Waals surface area contributed by atoms with Crippen molar-refractivity contribution < 1.29 is 4.79 Å². The molecule has 2 aromatic heterocycles. The number of carbonyl (C=O) groups excluding carboxylic acids is 1. The third kappa shape index (κ3) is 2.60. The first-order valence-corrected chi connectivity index (χ1v) is 7.84. The van der Waals surface area contributed by atoms with Crippen molar-refractivity contribution in [3.05, 3.63) is 38.5 Å². The molecule has 3 rings (SSSR count). The molecule has 1 aromatic carbocycles. The van der Waals surface area contributed by atoms with Gasteiger partial charge in [-0.15, -0.1) is 11.3 Å². The minimum Gasteiger partial charge on any atom is -0.399 e. The Kier molecular flexibility index (Phi) is 3.55. The summed E-state index contributed by atoms with van der Waals surface area (Å²) in [7, 11) is 0. The molecule has 0 bridgehead atoms. The van der Waals surface area contributed by atoms with Gasteiger partial charge < -0.3 is 5.73 Å². The number of aromatic nitrogens is 1. The Morgan fingerprint density at radius 3 is 2.75 bits per heavy atom. The number of hydrogen-bond donors (Lipinski definition) is 2. The number of thiophene rings is 1. The molecule has 0 saturated carbocycles. The van der Waals surface area contributed by atoms with E-state index in [4.69, 9.17) is 28.9 Å². The van der Waals surface area contributed by atoms with Crippen LogP contribution >= 0.6 is 45.9 Å². The third-order valence-electron chi connectivity index (χ3n) is 2.53. The molecule has 0 radical (unpaired) electrons. The largest absolute Gasteiger partial charge is 0.399 e. The second-order valence-corrected chi connectivity index (χ2v) is 7.25. The molecule has 0 aliphatic carbocycles. The van der Waals surface area contributed by atoms with Crippen LogP contribution in [-0.2, 0) is 0 Å². The lowest BCUT2D eigenvalue weighted by molar-refractivity contribution is 0.102. The minimum absolute atomic E-state index is 0.329. The van der Waals surface area contributed by atoms with Crippen molar-refractivity contribution in [2.24, 2.45) is 0 Å². The molecule has 0 spiro atoms. The molecule has 0 unspecified atom stereocenters. The number of thiazole rings is 1. The predicted octanol–water partition coefficient (Wildman–Crippen LogP) is 4.50. The van der Waals surface area contributed by atoms with Crippen LogP contribution in [0.5, 0.6) is 0 Å². The molecule has 2 heterocycles. The van der Waals surface area contributed by atoms with Crippen molar-refractivity contribution in [3.63, 3.8) is 0 Å². The number of anilines is 2. The highest BCUT2D eigenvalue weighted by Gasteiger charge is 2.16. The maximum Gasteiger partial charge on any atom is 0.259 e. The van der Waals surface area contributed by atoms with Gasteiger partial charge in [0.15, 0.2) is 5.13 Å². The second kappa shape index (κ2) is 5.21. The van der Waals surface area contributed by atoms with Gasteiger partial charge in [-0.3, -0.25) is 10.1 Å². The Morgan fingerprint density at radius 2 is 2.05 bits per heavy atom. The quantitative estimate of drug-likeness (QED) is 0.673. The number of benzene rings is 1. The van der Waals surface area contributed by atoms with E-state index in [-0.39, 0.29) is 5.91 Å². The molecule has 4 nitrogen and oxygen atoms in total. The lowest BCUT2D eigenvalue weighted by Gasteiger charge is -1.98. The molecule has 0 atom stereocenters. The van der Waals surface area contributed by atoms with Crippen LogP contribution in [0.2, 0.25) is 8.67 Å². The number of amides is 1. The van der Waals surface area contributed by atoms with Gasteiger partial charge in [-0.25, -0.2) is 4.98 Å². The summed E-state index contributed by atoms with van der Waals surface area (Å²) in [5, 5.41) is 3.21. The SMILES string of the molecule is Nc1ccc2nc(NC(=O)c3cc(Cl)sc3Cl)sc2c1. The lowest BCUT2D eigenvalue weighted by Crippen LogP contribution is -2.10. The van der Waals surface area contributed by atoms with E-state index in [0.29, 0.717) is 25.1 Å². The number of nitrogens with one attached hydrogen (secondary N) is 1. The fraction of sp³-hybridized carbons (Fsp3) is 0. The maximum absolute atomic E-state index is 12.1. The molecule has 102 valence electrons. The first-order valence-electron chi connectivity index (χ1n) is 5.45. The van der Waals surface area contributed by atoms with Gasteiger partial charge in [0, 0.05) is 5.69 Å². The molecule has 0 fully saturated rings. The second-order valence-electron chi connectivity index (χ2n) is 3.94. The van der Waals surface area contributed by atoms with E-state index >= 15 is 0 Å². The highest BCUT2D eigenvalue weighted by molar-refractivity contribution is 7.22. The number of nitrogens with two attached hydrogens (primary N) is 1. The van der Waals surface area contributed by atoms with Gasteiger partial charge in [0.1, 0.15) is 4.34 Å². The number of fused-ring (bicyclic) bond motifs is 1. The fourth-order valence-corrected chi connectivity index (χ4v) is 4.02. The lowest BCUT2D eigenvalue weighted by atomic mass is 10.3. The summed E-state index contributed by atoms with van der Waals surface area (Å²) >= 11 is 14.3. The number of hydrogen-bond acceptors (Lipinski definition) is 5. The zero-order valence-corrected chi connectivity index (χ0v) is 13.0. The Balaban J connectivity index is 1.89. The summed E-state index contributed by atoms with van der Waals surface area (Å²) in [5.74, 6) is -0.329. The van der Waals surface area contributed by atoms with Gasteiger partial charge >= 0.3 is 0 Å². The van der Waals surface area contributed by atoms with Gasteiger partial charge in [-0.2, -0.15) is 0 Å². The number of halogens is 2. The predicted molar refractivity (Wildman–Crippen MR) is 86.3 cm³/mol. The molecule has 8 heteroatoms. The Bertz CT molecular complexity index is 812. The Morgan fingerprint density at radius 1 is 1.25 bits per heavy atom. The molecule has 3 aromatic rings. The molecule has 3 N–H and O–H groups in total. The van der Waals surface area contributed by atoms with E-state index in [1.165, 1.54) is 17.4 Å². The summed E-state index contributed by atoms with van der Waals surface area (Å²) in [5.41, 5.74) is 7.50. The van der Waals surface area contributed by atoms with Gasteiger partial charge in [-0.05, 0) is 24.3 Å². The van der Waals surface area contributed by atoms with Crippen LogP contribution in [0.15, 0.2) is 24.3 Å². The first-order chi connectivity index (χ1) is 9.52. The van der Waals surface area contributed by atoms with Gasteiger partial charge in [-0.1, -0.05) is 34.5 Å². The molecule has 0 aliphatic heterocycles. The number of carbonyl (C=O) groups is 1. The van der Waals surface area contributed by atoms with Crippen molar-refractivity contribution >= 4 is 72.8 Å². The van der Waals surface area contributed by atoms with E-state index in [1.807, 2.05) is 12.1 Å². The monoisotopic (exact) mass is 343 g/mol. The maximum atomic E-state index is 12.1. The van der Waals surface area contributed by atoms with Crippen LogP contribution in [-0.4, -0.2) is 10.9 Å². The topological polar surface area (TPSA) is 68.0 Å². The van der Waals surface area contributed by atoms with E-state index in [0.717, 1.165) is 21.6 Å². The molecular formula is C12H7Cl2N3OS2. The molecule has 0 aliphatic rings. The standard InChI is InChI=1S/C12H7Cl2N3OS2/c13-9-4-6(10(14)20-9)11(18)17-12-16-7-2-1-5(15)3-8(7)19-12/h1-4H,15H2,(H,16,17,18). The van der Waals surface area contributed by atoms with Crippen LogP contribution < -0.4 is 11.1 Å². The van der Waals surface area contributed by atoms with Crippen molar-refractivity contribution in [1.82, 2.24) is 4.98 Å². The van der Waals surface area contributed by atoms with Gasteiger partial charge in [0.05, 0.1) is 20.1 Å². The van der Waals surface area contributed by atoms with Crippen molar-refractivity contribution in [2.75, 3.05) is 11.1 Å². The summed E-state index contributed by atoms with van der Waals surface area (Å²) in [6.07, 6.45) is 0. The average molecular weight is 344 g/mol. The van der Waals surface area contributed by atoms with Crippen LogP contribution in [0.25, 0.3) is 10.2 Å². The fourth-order valence-electron chi connectivity index (χ4n) is 1.65. The van der Waals surface area contributed by atoms with Crippen molar-refractivity contribution in [2.45, 2.75) is 0 Å². The first kappa shape index (κ1) is 13.6. The van der Waals surface area contributed by atoms with Crippen molar-refractivity contribution in [1.29, 1.82) is 0 Å². The van der Waals surface area contributed by atoms with Gasteiger partial charge in [0.25, 0.3) is 5.91 Å². The highest BCUT2D eigenvalue weighted by atomic mass is 35.5. The summed E-state index contributed by atoms with van der Waals surface area (Å²) < 4.78 is 1.74. The van der Waals surface area contributed by atoms with E-state index in [1.54, 1.807) is 6.07 Å². The minimum atomic E-state index is -0.329. The number of rotatable bonds is 2. The molecule has 1 amide bonds. The summed E-state index contributed by atoms with van der Waals surface area (Å²) in [6, 6.07) is 6.93. The Labute approximate surface area is 132 Å². The number of nitrogen functional groups attached to an aromatic ring is 1. The van der Waals surface area contributed by atoms with Crippen LogP contribution in [0.3, 0.4) is 0 Å². The van der Waals surface area contributed by atoms with Crippen LogP contribution in [0.1, 0.15) is 10.4 Å². The average Bonchev–Trinajstić information content (AvgIpc) is 2.91. The summed E-state index contributed by atoms with van der Waals surface area (Å²) in [4.78, 5) is 16.4. The zero-order chi connectivity index (χ0) is 14.3. The normalized spacial score (nSPS) is 10.9. The van der Waals surface area contributed by atoms with E-state index in [2.05, 4.69) is 10.3 Å². The van der Waals surface area contributed by atoms with Crippen LogP contribution in [0.4, 0.5) is 10.8 Å². The third-order valence-corrected chi connectivity index (χ3v) is 4.96. The summed E-state index contributed by atoms with van der Waals surface area (Å²) in [6.45, 7) is 0. The van der Waals surface area contributed by atoms with Crippen molar-refractivity contribution in [3.8, 4) is 0 Å². The molecule has 0 saturated heterocycles. The molecular weight excluding hydrogens is 337 g/mol. The molecule has 20 heavy (non-hydrogen) atoms. The van der Waals surface area contributed by atoms with E-state index < -0.39 is 0 Å². The van der Waals surface area contributed by atoms with Crippen LogP contribution in [0, 0.1) is 0 Å². The Hall–Kier alpha value is -1.34. The number of nitrogens with zero attached hydrogens (tertiary/aromatic N) is 1. The van der Waals surface area contributed by atoms with Gasteiger partial charge in [0.2, 0.25) is 0 Å². The van der Waals surface area contributed by atoms with E-state index in [9.17, 15) is 4.79 Å². The highest BCUT2D eigenvalue weighted by Crippen LogP contribution is 2.32.